The van der Waals surface area contributed by atoms with Crippen molar-refractivity contribution in [3.8, 4) is 0 Å². The van der Waals surface area contributed by atoms with Crippen LogP contribution in [0.1, 0.15) is 54.6 Å². The van der Waals surface area contributed by atoms with Crippen molar-refractivity contribution in [1.82, 2.24) is 0 Å². The standard InChI is InChI=1S/C19H20O6S/c1-10-11(17(22)16-12(20)5-4-6-13(16)21)7-8-14-15(10)18(23)19(2,3)9-26(14,24)25/h7-8,22H,4-6,9H2,1-3H3. The van der Waals surface area contributed by atoms with Gasteiger partial charge < -0.3 is 5.11 Å². The van der Waals surface area contributed by atoms with Crippen LogP contribution in [-0.2, 0) is 19.4 Å². The third kappa shape index (κ3) is 2.70. The van der Waals surface area contributed by atoms with Gasteiger partial charge in [0.15, 0.2) is 27.2 Å². The molecule has 0 radical (unpaired) electrons. The van der Waals surface area contributed by atoms with Crippen LogP contribution >= 0.6 is 0 Å². The lowest BCUT2D eigenvalue weighted by Gasteiger charge is -2.31. The van der Waals surface area contributed by atoms with Crippen molar-refractivity contribution in [2.75, 3.05) is 5.75 Å². The lowest BCUT2D eigenvalue weighted by Crippen LogP contribution is -2.39. The fraction of sp³-hybridized carbons (Fsp3) is 0.421. The number of hydrogen-bond acceptors (Lipinski definition) is 6. The molecular weight excluding hydrogens is 356 g/mol. The van der Waals surface area contributed by atoms with E-state index < -0.39 is 32.6 Å². The Labute approximate surface area is 151 Å². The van der Waals surface area contributed by atoms with Crippen molar-refractivity contribution >= 4 is 32.9 Å². The van der Waals surface area contributed by atoms with E-state index in [0.717, 1.165) is 0 Å². The van der Waals surface area contributed by atoms with Crippen molar-refractivity contribution in [1.29, 1.82) is 0 Å². The second-order valence-corrected chi connectivity index (χ2v) is 9.46. The van der Waals surface area contributed by atoms with E-state index in [-0.39, 0.29) is 51.5 Å². The molecule has 26 heavy (non-hydrogen) atoms. The molecule has 7 heteroatoms. The Balaban J connectivity index is 2.29. The number of benzene rings is 1. The predicted octanol–water partition coefficient (Wildman–Crippen LogP) is 2.58. The van der Waals surface area contributed by atoms with Gasteiger partial charge >= 0.3 is 0 Å². The zero-order chi connectivity index (χ0) is 19.4. The minimum Gasteiger partial charge on any atom is -0.506 e. The SMILES string of the molecule is Cc1c(C(O)=C2C(=O)CCCC2=O)ccc2c1C(=O)C(C)(C)CS2(=O)=O. The number of Topliss-reactive ketones (excluding diaryl/α,β-unsaturated/α-hetero) is 3. The first-order valence-corrected chi connectivity index (χ1v) is 10.0. The highest BCUT2D eigenvalue weighted by atomic mass is 32.2. The van der Waals surface area contributed by atoms with Crippen LogP contribution in [0.3, 0.4) is 0 Å². The second-order valence-electron chi connectivity index (χ2n) is 7.51. The topological polar surface area (TPSA) is 106 Å². The molecular formula is C19H20O6S. The molecule has 138 valence electrons. The third-order valence-corrected chi connectivity index (χ3v) is 7.12. The average molecular weight is 376 g/mol. The molecule has 1 N–H and O–H groups in total. The minimum atomic E-state index is -3.65. The number of aliphatic hydroxyl groups excluding tert-OH is 1. The summed E-state index contributed by atoms with van der Waals surface area (Å²) in [6.07, 6.45) is 0.799. The highest BCUT2D eigenvalue weighted by Gasteiger charge is 2.44. The summed E-state index contributed by atoms with van der Waals surface area (Å²) < 4.78 is 25.1. The maximum atomic E-state index is 12.8. The van der Waals surface area contributed by atoms with Crippen molar-refractivity contribution in [3.05, 3.63) is 34.4 Å². The molecule has 1 fully saturated rings. The first-order valence-electron chi connectivity index (χ1n) is 8.38. The van der Waals surface area contributed by atoms with E-state index in [9.17, 15) is 27.9 Å². The molecule has 3 rings (SSSR count). The fourth-order valence-corrected chi connectivity index (χ4v) is 5.72. The number of fused-ring (bicyclic) bond motifs is 1. The van der Waals surface area contributed by atoms with Crippen LogP contribution in [0.5, 0.6) is 0 Å². The number of carbonyl (C=O) groups is 3. The molecule has 0 bridgehead atoms. The highest BCUT2D eigenvalue weighted by Crippen LogP contribution is 2.39. The van der Waals surface area contributed by atoms with Crippen LogP contribution in [0.2, 0.25) is 0 Å². The maximum Gasteiger partial charge on any atom is 0.180 e. The largest absolute Gasteiger partial charge is 0.506 e. The normalized spacial score (nSPS) is 21.5. The Hall–Kier alpha value is -2.28. The first kappa shape index (κ1) is 18.5. The van der Waals surface area contributed by atoms with Crippen LogP contribution in [0.25, 0.3) is 5.76 Å². The third-order valence-electron chi connectivity index (χ3n) is 5.01. The fourth-order valence-electron chi connectivity index (χ4n) is 3.66. The van der Waals surface area contributed by atoms with Gasteiger partial charge in [-0.25, -0.2) is 8.42 Å². The van der Waals surface area contributed by atoms with Crippen LogP contribution in [0, 0.1) is 12.3 Å². The maximum absolute atomic E-state index is 12.8. The highest BCUT2D eigenvalue weighted by molar-refractivity contribution is 7.91. The lowest BCUT2D eigenvalue weighted by atomic mass is 9.82. The lowest BCUT2D eigenvalue weighted by molar-refractivity contribution is -0.123. The monoisotopic (exact) mass is 376 g/mol. The van der Waals surface area contributed by atoms with E-state index in [4.69, 9.17) is 0 Å². The second kappa shape index (κ2) is 5.87. The van der Waals surface area contributed by atoms with E-state index in [1.54, 1.807) is 13.8 Å². The molecule has 0 spiro atoms. The van der Waals surface area contributed by atoms with Crippen LogP contribution in [0.4, 0.5) is 0 Å². The quantitative estimate of drug-likeness (QED) is 0.459. The Morgan fingerprint density at radius 2 is 1.65 bits per heavy atom. The van der Waals surface area contributed by atoms with Gasteiger partial charge in [0.25, 0.3) is 0 Å². The molecule has 0 saturated heterocycles. The molecule has 2 aliphatic rings. The smallest absolute Gasteiger partial charge is 0.180 e. The number of aliphatic hydroxyl groups is 1. The summed E-state index contributed by atoms with van der Waals surface area (Å²) in [6, 6.07) is 2.63. The summed E-state index contributed by atoms with van der Waals surface area (Å²) in [5.74, 6) is -1.96. The summed E-state index contributed by atoms with van der Waals surface area (Å²) >= 11 is 0. The van der Waals surface area contributed by atoms with Crippen molar-refractivity contribution in [2.24, 2.45) is 5.41 Å². The average Bonchev–Trinajstić information content (AvgIpc) is 2.51. The predicted molar refractivity (Wildman–Crippen MR) is 94.8 cm³/mol. The van der Waals surface area contributed by atoms with Crippen LogP contribution < -0.4 is 0 Å². The van der Waals surface area contributed by atoms with Gasteiger partial charge in [-0.3, -0.25) is 14.4 Å². The summed E-state index contributed by atoms with van der Waals surface area (Å²) in [6.45, 7) is 4.65. The summed E-state index contributed by atoms with van der Waals surface area (Å²) in [7, 11) is -3.65. The number of rotatable bonds is 1. The molecule has 0 aromatic heterocycles. The van der Waals surface area contributed by atoms with Crippen LogP contribution in [0.15, 0.2) is 22.6 Å². The molecule has 1 aromatic rings. The molecule has 1 saturated carbocycles. The van der Waals surface area contributed by atoms with Gasteiger partial charge in [-0.2, -0.15) is 0 Å². The van der Waals surface area contributed by atoms with Gasteiger partial charge in [0, 0.05) is 29.4 Å². The summed E-state index contributed by atoms with van der Waals surface area (Å²) in [5.41, 5.74) is -0.913. The zero-order valence-electron chi connectivity index (χ0n) is 14.9. The van der Waals surface area contributed by atoms with Gasteiger partial charge in [-0.05, 0) is 31.0 Å². The molecule has 0 unspecified atom stereocenters. The molecule has 1 aliphatic carbocycles. The number of ketones is 3. The van der Waals surface area contributed by atoms with E-state index in [2.05, 4.69) is 0 Å². The van der Waals surface area contributed by atoms with E-state index >= 15 is 0 Å². The zero-order valence-corrected chi connectivity index (χ0v) is 15.7. The van der Waals surface area contributed by atoms with Gasteiger partial charge in [0.2, 0.25) is 0 Å². The number of allylic oxidation sites excluding steroid dienone is 1. The van der Waals surface area contributed by atoms with E-state index in [1.807, 2.05) is 0 Å². The molecule has 1 aromatic carbocycles. The van der Waals surface area contributed by atoms with Gasteiger partial charge in [0.1, 0.15) is 11.3 Å². The number of sulfone groups is 1. The molecule has 0 amide bonds. The molecule has 6 nitrogen and oxygen atoms in total. The minimum absolute atomic E-state index is 0.0293. The molecule has 0 atom stereocenters. The Morgan fingerprint density at radius 3 is 2.23 bits per heavy atom. The Bertz CT molecular complexity index is 977. The Kier molecular flexibility index (Phi) is 4.18. The molecule has 1 heterocycles. The van der Waals surface area contributed by atoms with Gasteiger partial charge in [-0.1, -0.05) is 13.8 Å². The van der Waals surface area contributed by atoms with Gasteiger partial charge in [-0.15, -0.1) is 0 Å². The van der Waals surface area contributed by atoms with Crippen molar-refractivity contribution in [2.45, 2.75) is 44.9 Å². The molecule has 1 aliphatic heterocycles. The summed E-state index contributed by atoms with van der Waals surface area (Å²) in [4.78, 5) is 36.9. The van der Waals surface area contributed by atoms with Gasteiger partial charge in [0.05, 0.1) is 10.6 Å². The number of hydrogen-bond donors (Lipinski definition) is 1. The summed E-state index contributed by atoms with van der Waals surface area (Å²) in [5, 5.41) is 10.6. The van der Waals surface area contributed by atoms with E-state index in [1.165, 1.54) is 19.1 Å². The van der Waals surface area contributed by atoms with E-state index in [0.29, 0.717) is 6.42 Å². The Morgan fingerprint density at radius 1 is 1.08 bits per heavy atom. The van der Waals surface area contributed by atoms with Crippen molar-refractivity contribution < 1.29 is 27.9 Å². The number of carbonyl (C=O) groups excluding carboxylic acids is 3. The van der Waals surface area contributed by atoms with Crippen LogP contribution in [-0.4, -0.2) is 36.6 Å². The first-order chi connectivity index (χ1) is 12.0. The van der Waals surface area contributed by atoms with Crippen molar-refractivity contribution in [3.63, 3.8) is 0 Å².